The molecule has 0 saturated carbocycles. The third-order valence-corrected chi connectivity index (χ3v) is 5.73. The Bertz CT molecular complexity index is 420. The maximum atomic E-state index is 10.0. The normalized spacial score (nSPS) is 12.9. The van der Waals surface area contributed by atoms with Crippen molar-refractivity contribution in [2.75, 3.05) is 19.8 Å². The van der Waals surface area contributed by atoms with Crippen LogP contribution in [0.1, 0.15) is 72.6 Å². The van der Waals surface area contributed by atoms with Crippen molar-refractivity contribution in [3.05, 3.63) is 0 Å². The summed E-state index contributed by atoms with van der Waals surface area (Å²) in [6.45, 7) is 7.16. The van der Waals surface area contributed by atoms with E-state index in [0.717, 1.165) is 19.3 Å². The van der Waals surface area contributed by atoms with Gasteiger partial charge in [-0.1, -0.05) is 47.0 Å². The Balaban J connectivity index is -0.000000170. The van der Waals surface area contributed by atoms with Gasteiger partial charge in [-0.25, -0.2) is 0 Å². The predicted octanol–water partition coefficient (Wildman–Crippen LogP) is 2.87. The van der Waals surface area contributed by atoms with Gasteiger partial charge in [-0.3, -0.25) is 14.4 Å². The minimum atomic E-state index is -0.824. The number of carboxylic acid groups (broad SMARTS) is 3. The zero-order valence-electron chi connectivity index (χ0n) is 20.1. The minimum Gasteiger partial charge on any atom is -0.480 e. The SMILES string of the molecule is CCC(CO)(CO)CO.CCCC(S)C(=O)O.CCCC(S)C(=O)O.CCCC(S)C(=O)O. The van der Waals surface area contributed by atoms with Gasteiger partial charge in [0.05, 0.1) is 35.6 Å². The summed E-state index contributed by atoms with van der Waals surface area (Å²) in [5.41, 5.74) is -0.667. The van der Waals surface area contributed by atoms with Gasteiger partial charge in [-0.05, 0) is 25.7 Å². The first-order chi connectivity index (χ1) is 15.3. The summed E-state index contributed by atoms with van der Waals surface area (Å²) < 4.78 is 0. The van der Waals surface area contributed by atoms with E-state index in [-0.39, 0.29) is 19.8 Å². The van der Waals surface area contributed by atoms with Crippen LogP contribution in [0.4, 0.5) is 0 Å². The van der Waals surface area contributed by atoms with Crippen LogP contribution in [0, 0.1) is 5.41 Å². The molecule has 0 aliphatic rings. The second-order valence-electron chi connectivity index (χ2n) is 7.26. The van der Waals surface area contributed by atoms with Gasteiger partial charge in [0.1, 0.15) is 0 Å². The molecule has 0 amide bonds. The van der Waals surface area contributed by atoms with E-state index in [1.165, 1.54) is 0 Å². The van der Waals surface area contributed by atoms with Gasteiger partial charge in [0, 0.05) is 5.41 Å². The van der Waals surface area contributed by atoms with E-state index >= 15 is 0 Å². The molecule has 0 aliphatic carbocycles. The molecule has 0 radical (unpaired) electrons. The highest BCUT2D eigenvalue weighted by Gasteiger charge is 2.24. The highest BCUT2D eigenvalue weighted by molar-refractivity contribution is 7.82. The van der Waals surface area contributed by atoms with Gasteiger partial charge < -0.3 is 30.6 Å². The van der Waals surface area contributed by atoms with E-state index in [9.17, 15) is 14.4 Å². The molecule has 0 heterocycles. The number of aliphatic hydroxyl groups is 3. The molecule has 0 aliphatic heterocycles. The first-order valence-corrected chi connectivity index (χ1v) is 12.4. The third kappa shape index (κ3) is 25.8. The largest absolute Gasteiger partial charge is 0.480 e. The van der Waals surface area contributed by atoms with Crippen LogP contribution in [0.15, 0.2) is 0 Å². The van der Waals surface area contributed by atoms with Gasteiger partial charge in [0.2, 0.25) is 0 Å². The van der Waals surface area contributed by atoms with E-state index in [0.29, 0.717) is 25.7 Å². The first kappa shape index (κ1) is 39.5. The molecule has 12 heteroatoms. The van der Waals surface area contributed by atoms with Crippen LogP contribution in [-0.4, -0.2) is 84.1 Å². The molecule has 0 aromatic carbocycles. The molecule has 33 heavy (non-hydrogen) atoms. The van der Waals surface area contributed by atoms with Crippen molar-refractivity contribution < 1.29 is 45.0 Å². The lowest BCUT2D eigenvalue weighted by Crippen LogP contribution is -2.32. The standard InChI is InChI=1S/C6H14O3.3C5H10O2S/c1-2-6(3-7,4-8)5-9;3*1-2-3-4(8)5(6)7/h7-9H,2-5H2,1H3;3*4,8H,2-3H2,1H3,(H,6,7). The van der Waals surface area contributed by atoms with E-state index in [4.69, 9.17) is 30.6 Å². The summed E-state index contributed by atoms with van der Waals surface area (Å²) in [7, 11) is 0. The lowest BCUT2D eigenvalue weighted by atomic mass is 9.88. The maximum Gasteiger partial charge on any atom is 0.316 e. The molecule has 0 aromatic heterocycles. The van der Waals surface area contributed by atoms with Gasteiger partial charge in [-0.2, -0.15) is 37.9 Å². The van der Waals surface area contributed by atoms with Crippen LogP contribution in [0.5, 0.6) is 0 Å². The van der Waals surface area contributed by atoms with Crippen molar-refractivity contribution in [1.29, 1.82) is 0 Å². The van der Waals surface area contributed by atoms with E-state index in [2.05, 4.69) is 37.9 Å². The van der Waals surface area contributed by atoms with Gasteiger partial charge in [0.15, 0.2) is 0 Å². The second-order valence-corrected chi connectivity index (χ2v) is 9.13. The van der Waals surface area contributed by atoms with Gasteiger partial charge >= 0.3 is 17.9 Å². The molecule has 9 nitrogen and oxygen atoms in total. The number of rotatable bonds is 13. The number of hydrogen-bond donors (Lipinski definition) is 9. The number of carboxylic acids is 3. The first-order valence-electron chi connectivity index (χ1n) is 10.8. The van der Waals surface area contributed by atoms with Crippen molar-refractivity contribution in [1.82, 2.24) is 0 Å². The maximum absolute atomic E-state index is 10.0. The van der Waals surface area contributed by atoms with Gasteiger partial charge in [0.25, 0.3) is 0 Å². The monoisotopic (exact) mass is 536 g/mol. The Labute approximate surface area is 214 Å². The van der Waals surface area contributed by atoms with Gasteiger partial charge in [-0.15, -0.1) is 0 Å². The van der Waals surface area contributed by atoms with E-state index in [1.807, 2.05) is 27.7 Å². The molecule has 200 valence electrons. The molecule has 0 rings (SSSR count). The average molecular weight is 537 g/mol. The fourth-order valence-corrected chi connectivity index (χ4v) is 2.45. The number of carbonyl (C=O) groups is 3. The second kappa shape index (κ2) is 26.0. The van der Waals surface area contributed by atoms with Crippen molar-refractivity contribution in [2.24, 2.45) is 5.41 Å². The van der Waals surface area contributed by atoms with Crippen LogP contribution in [-0.2, 0) is 14.4 Å². The topological polar surface area (TPSA) is 173 Å². The third-order valence-electron chi connectivity index (χ3n) is 4.30. The summed E-state index contributed by atoms with van der Waals surface area (Å²) in [6, 6.07) is 0. The summed E-state index contributed by atoms with van der Waals surface area (Å²) in [5, 5.41) is 49.3. The quantitative estimate of drug-likeness (QED) is 0.160. The Kier molecular flexibility index (Phi) is 31.1. The fraction of sp³-hybridized carbons (Fsp3) is 0.857. The molecule has 0 aromatic rings. The van der Waals surface area contributed by atoms with E-state index < -0.39 is 39.1 Å². The van der Waals surface area contributed by atoms with Crippen molar-refractivity contribution >= 4 is 55.8 Å². The Morgan fingerprint density at radius 3 is 0.848 bits per heavy atom. The lowest BCUT2D eigenvalue weighted by Gasteiger charge is -2.24. The summed E-state index contributed by atoms with van der Waals surface area (Å²) in [6.07, 6.45) is 5.17. The summed E-state index contributed by atoms with van der Waals surface area (Å²) in [5.74, 6) is -2.47. The molecule has 0 bridgehead atoms. The number of aliphatic hydroxyl groups excluding tert-OH is 3. The van der Waals surface area contributed by atoms with Crippen molar-refractivity contribution in [2.45, 2.75) is 88.4 Å². The van der Waals surface area contributed by atoms with Crippen LogP contribution in [0.2, 0.25) is 0 Å². The fourth-order valence-electron chi connectivity index (χ4n) is 1.68. The predicted molar refractivity (Wildman–Crippen MR) is 140 cm³/mol. The van der Waals surface area contributed by atoms with E-state index in [1.54, 1.807) is 0 Å². The molecule has 0 spiro atoms. The smallest absolute Gasteiger partial charge is 0.316 e. The Morgan fingerprint density at radius 2 is 0.818 bits per heavy atom. The summed E-state index contributed by atoms with van der Waals surface area (Å²) in [4.78, 5) is 30.0. The van der Waals surface area contributed by atoms with Crippen LogP contribution >= 0.6 is 37.9 Å². The number of hydrogen-bond acceptors (Lipinski definition) is 9. The highest BCUT2D eigenvalue weighted by Crippen LogP contribution is 2.18. The molecule has 0 saturated heterocycles. The molecule has 3 atom stereocenters. The van der Waals surface area contributed by atoms with Crippen LogP contribution in [0.25, 0.3) is 0 Å². The number of aliphatic carboxylic acids is 3. The number of thiol groups is 3. The lowest BCUT2D eigenvalue weighted by molar-refractivity contribution is -0.137. The highest BCUT2D eigenvalue weighted by atomic mass is 32.1. The average Bonchev–Trinajstić information content (AvgIpc) is 2.77. The molecular formula is C21H44O9S3. The van der Waals surface area contributed by atoms with Crippen molar-refractivity contribution in [3.8, 4) is 0 Å². The van der Waals surface area contributed by atoms with Crippen LogP contribution < -0.4 is 0 Å². The zero-order chi connectivity index (χ0) is 27.0. The Morgan fingerprint density at radius 1 is 0.606 bits per heavy atom. The zero-order valence-corrected chi connectivity index (χ0v) is 22.7. The molecule has 3 unspecified atom stereocenters. The van der Waals surface area contributed by atoms with Crippen LogP contribution in [0.3, 0.4) is 0 Å². The Hall–Kier alpha value is -0.660. The molecular weight excluding hydrogens is 492 g/mol. The molecule has 6 N–H and O–H groups in total. The van der Waals surface area contributed by atoms with Crippen molar-refractivity contribution in [3.63, 3.8) is 0 Å². The minimum absolute atomic E-state index is 0.156. The molecule has 0 fully saturated rings. The summed E-state index contributed by atoms with van der Waals surface area (Å²) >= 11 is 11.4.